The fraction of sp³-hybridized carbons (Fsp3) is 0.357. The lowest BCUT2D eigenvalue weighted by Crippen LogP contribution is -2.31. The minimum absolute atomic E-state index is 0.149. The van der Waals surface area contributed by atoms with E-state index >= 15 is 0 Å². The van der Waals surface area contributed by atoms with Crippen LogP contribution in [0.25, 0.3) is 0 Å². The minimum atomic E-state index is -0.562. The van der Waals surface area contributed by atoms with Crippen molar-refractivity contribution in [3.63, 3.8) is 0 Å². The van der Waals surface area contributed by atoms with Gasteiger partial charge in [0.15, 0.2) is 0 Å². The number of carbonyl (C=O) groups is 3. The average Bonchev–Trinajstić information content (AvgIpc) is 2.37. The van der Waals surface area contributed by atoms with Crippen LogP contribution in [-0.4, -0.2) is 30.4 Å². The molecule has 7 heteroatoms. The largest absolute Gasteiger partial charge is 0.459 e. The molecule has 0 aromatic heterocycles. The Balaban J connectivity index is 2.79. The molecule has 0 aliphatic carbocycles. The molecule has 0 spiro atoms. The van der Waals surface area contributed by atoms with Crippen LogP contribution in [0.3, 0.4) is 0 Å². The lowest BCUT2D eigenvalue weighted by Gasteiger charge is -2.11. The Morgan fingerprint density at radius 2 is 1.95 bits per heavy atom. The molecule has 1 aromatic rings. The van der Waals surface area contributed by atoms with E-state index in [0.717, 1.165) is 0 Å². The summed E-state index contributed by atoms with van der Waals surface area (Å²) < 4.78 is 5.06. The lowest BCUT2D eigenvalue weighted by atomic mass is 10.2. The van der Waals surface area contributed by atoms with Crippen LogP contribution in [0.1, 0.15) is 31.1 Å². The predicted molar refractivity (Wildman–Crippen MR) is 79.3 cm³/mol. The molecule has 114 valence electrons. The summed E-state index contributed by atoms with van der Waals surface area (Å²) in [6.07, 6.45) is -0.272. The van der Waals surface area contributed by atoms with Gasteiger partial charge in [0.25, 0.3) is 0 Å². The Kier molecular flexibility index (Phi) is 6.17. The van der Waals surface area contributed by atoms with Crippen LogP contribution >= 0.6 is 11.6 Å². The lowest BCUT2D eigenvalue weighted by molar-refractivity contribution is -0.122. The van der Waals surface area contributed by atoms with Gasteiger partial charge >= 0.3 is 5.97 Å². The molecule has 0 atom stereocenters. The van der Waals surface area contributed by atoms with E-state index in [4.69, 9.17) is 16.3 Å². The number of benzene rings is 1. The molecule has 21 heavy (non-hydrogen) atoms. The molecular weight excluding hydrogens is 296 g/mol. The third-order valence-electron chi connectivity index (χ3n) is 2.31. The van der Waals surface area contributed by atoms with Crippen molar-refractivity contribution in [3.8, 4) is 0 Å². The van der Waals surface area contributed by atoms with Crippen molar-refractivity contribution in [1.29, 1.82) is 0 Å². The summed E-state index contributed by atoms with van der Waals surface area (Å²) in [4.78, 5) is 34.2. The maximum atomic E-state index is 11.9. The summed E-state index contributed by atoms with van der Waals surface area (Å²) in [6, 6.07) is 4.48. The van der Waals surface area contributed by atoms with Crippen LogP contribution in [0.15, 0.2) is 18.2 Å². The third kappa shape index (κ3) is 5.83. The van der Waals surface area contributed by atoms with Crippen LogP contribution in [0.2, 0.25) is 5.02 Å². The molecule has 2 amide bonds. The Labute approximate surface area is 127 Å². The minimum Gasteiger partial charge on any atom is -0.459 e. The zero-order valence-corrected chi connectivity index (χ0v) is 12.8. The quantitative estimate of drug-likeness (QED) is 0.814. The predicted octanol–water partition coefficient (Wildman–Crippen LogP) is 1.98. The standard InChI is InChI=1S/C14H17ClN2O4/c1-8(2)21-14(20)11-6-10(4-5-12(11)15)17-13(19)7-16-9(3)18/h4-6,8H,7H2,1-3H3,(H,16,18)(H,17,19). The number of halogens is 1. The van der Waals surface area contributed by atoms with Crippen LogP contribution in [-0.2, 0) is 14.3 Å². The molecule has 6 nitrogen and oxygen atoms in total. The van der Waals surface area contributed by atoms with Gasteiger partial charge in [0, 0.05) is 12.6 Å². The van der Waals surface area contributed by atoms with Gasteiger partial charge in [0.1, 0.15) is 0 Å². The highest BCUT2D eigenvalue weighted by Crippen LogP contribution is 2.22. The summed E-state index contributed by atoms with van der Waals surface area (Å²) >= 11 is 5.94. The molecule has 1 rings (SSSR count). The normalized spacial score (nSPS) is 10.1. The third-order valence-corrected chi connectivity index (χ3v) is 2.64. The summed E-state index contributed by atoms with van der Waals surface area (Å²) in [7, 11) is 0. The van der Waals surface area contributed by atoms with Crippen molar-refractivity contribution in [3.05, 3.63) is 28.8 Å². The van der Waals surface area contributed by atoms with E-state index in [0.29, 0.717) is 5.69 Å². The van der Waals surface area contributed by atoms with Crippen LogP contribution in [0.5, 0.6) is 0 Å². The topological polar surface area (TPSA) is 84.5 Å². The zero-order chi connectivity index (χ0) is 16.0. The van der Waals surface area contributed by atoms with Gasteiger partial charge < -0.3 is 15.4 Å². The molecule has 0 heterocycles. The van der Waals surface area contributed by atoms with Gasteiger partial charge in [-0.1, -0.05) is 11.6 Å². The number of hydrogen-bond acceptors (Lipinski definition) is 4. The highest BCUT2D eigenvalue weighted by Gasteiger charge is 2.15. The van der Waals surface area contributed by atoms with Gasteiger partial charge in [-0.15, -0.1) is 0 Å². The first-order valence-electron chi connectivity index (χ1n) is 6.34. The summed E-state index contributed by atoms with van der Waals surface area (Å²) in [5.41, 5.74) is 0.563. The van der Waals surface area contributed by atoms with Crippen molar-refractivity contribution in [2.75, 3.05) is 11.9 Å². The molecule has 0 bridgehead atoms. The zero-order valence-electron chi connectivity index (χ0n) is 12.0. The summed E-state index contributed by atoms with van der Waals surface area (Å²) in [5.74, 6) is -1.27. The number of rotatable bonds is 5. The molecule has 0 radical (unpaired) electrons. The number of ether oxygens (including phenoxy) is 1. The van der Waals surface area contributed by atoms with E-state index in [2.05, 4.69) is 10.6 Å². The first-order chi connectivity index (χ1) is 9.79. The Bertz CT molecular complexity index is 558. The molecule has 0 saturated heterocycles. The van der Waals surface area contributed by atoms with E-state index in [1.165, 1.54) is 19.1 Å². The highest BCUT2D eigenvalue weighted by molar-refractivity contribution is 6.33. The van der Waals surface area contributed by atoms with Crippen molar-refractivity contribution >= 4 is 35.1 Å². The van der Waals surface area contributed by atoms with Crippen LogP contribution in [0.4, 0.5) is 5.69 Å². The molecule has 0 fully saturated rings. The van der Waals surface area contributed by atoms with Crippen LogP contribution < -0.4 is 10.6 Å². The van der Waals surface area contributed by atoms with E-state index in [-0.39, 0.29) is 29.1 Å². The molecule has 1 aromatic carbocycles. The second-order valence-corrected chi connectivity index (χ2v) is 5.01. The van der Waals surface area contributed by atoms with Crippen molar-refractivity contribution in [2.24, 2.45) is 0 Å². The SMILES string of the molecule is CC(=O)NCC(=O)Nc1ccc(Cl)c(C(=O)OC(C)C)c1. The summed E-state index contributed by atoms with van der Waals surface area (Å²) in [5, 5.41) is 5.16. The van der Waals surface area contributed by atoms with E-state index < -0.39 is 11.9 Å². The van der Waals surface area contributed by atoms with E-state index in [1.807, 2.05) is 0 Å². The maximum Gasteiger partial charge on any atom is 0.339 e. The summed E-state index contributed by atoms with van der Waals surface area (Å²) in [6.45, 7) is 4.62. The van der Waals surface area contributed by atoms with Gasteiger partial charge in [-0.3, -0.25) is 9.59 Å². The Hall–Kier alpha value is -2.08. The molecular formula is C14H17ClN2O4. The van der Waals surface area contributed by atoms with Gasteiger partial charge in [-0.2, -0.15) is 0 Å². The second-order valence-electron chi connectivity index (χ2n) is 4.61. The fourth-order valence-corrected chi connectivity index (χ4v) is 1.64. The first kappa shape index (κ1) is 17.0. The fourth-order valence-electron chi connectivity index (χ4n) is 1.45. The maximum absolute atomic E-state index is 11.9. The van der Waals surface area contributed by atoms with Gasteiger partial charge in [0.2, 0.25) is 11.8 Å². The number of carbonyl (C=O) groups excluding carboxylic acids is 3. The molecule has 0 aliphatic heterocycles. The highest BCUT2D eigenvalue weighted by atomic mass is 35.5. The smallest absolute Gasteiger partial charge is 0.339 e. The Morgan fingerprint density at radius 3 is 2.52 bits per heavy atom. The van der Waals surface area contributed by atoms with E-state index in [1.54, 1.807) is 19.9 Å². The van der Waals surface area contributed by atoms with Gasteiger partial charge in [-0.05, 0) is 32.0 Å². The molecule has 2 N–H and O–H groups in total. The van der Waals surface area contributed by atoms with Crippen LogP contribution in [0, 0.1) is 0 Å². The van der Waals surface area contributed by atoms with Crippen molar-refractivity contribution in [2.45, 2.75) is 26.9 Å². The van der Waals surface area contributed by atoms with Crippen molar-refractivity contribution in [1.82, 2.24) is 5.32 Å². The monoisotopic (exact) mass is 312 g/mol. The Morgan fingerprint density at radius 1 is 1.29 bits per heavy atom. The number of esters is 1. The molecule has 0 unspecified atom stereocenters. The van der Waals surface area contributed by atoms with Gasteiger partial charge in [0.05, 0.1) is 23.2 Å². The first-order valence-corrected chi connectivity index (χ1v) is 6.72. The average molecular weight is 313 g/mol. The number of anilines is 1. The number of amides is 2. The van der Waals surface area contributed by atoms with Gasteiger partial charge in [-0.25, -0.2) is 4.79 Å². The number of nitrogens with one attached hydrogen (secondary N) is 2. The second kappa shape index (κ2) is 7.64. The molecule has 0 saturated carbocycles. The van der Waals surface area contributed by atoms with Crippen molar-refractivity contribution < 1.29 is 19.1 Å². The van der Waals surface area contributed by atoms with E-state index in [9.17, 15) is 14.4 Å². The molecule has 0 aliphatic rings. The number of hydrogen-bond donors (Lipinski definition) is 2.